The summed E-state index contributed by atoms with van der Waals surface area (Å²) in [7, 11) is 0. The standard InChI is InChI=1S/C18H22F3N3O2S.HI/c1-2-22-17(23-9-13-7-8-27-12-13)24-10-15(25)11-26-16-5-3-14(4-6-16)18(19,20)21;/h3-8,12,15,25H,2,9-11H2,1H3,(H2,22,23,24);1H. The van der Waals surface area contributed by atoms with Crippen molar-refractivity contribution in [2.45, 2.75) is 25.7 Å². The highest BCUT2D eigenvalue weighted by Crippen LogP contribution is 2.30. The van der Waals surface area contributed by atoms with Crippen LogP contribution in [-0.4, -0.2) is 36.9 Å². The summed E-state index contributed by atoms with van der Waals surface area (Å²) in [5.41, 5.74) is 0.359. The van der Waals surface area contributed by atoms with Gasteiger partial charge in [0.25, 0.3) is 0 Å². The van der Waals surface area contributed by atoms with E-state index in [9.17, 15) is 18.3 Å². The van der Waals surface area contributed by atoms with Gasteiger partial charge >= 0.3 is 6.18 Å². The second-order valence-electron chi connectivity index (χ2n) is 5.69. The summed E-state index contributed by atoms with van der Waals surface area (Å²) < 4.78 is 42.9. The van der Waals surface area contributed by atoms with Gasteiger partial charge in [-0.3, -0.25) is 0 Å². The maximum atomic E-state index is 12.5. The number of thiophene rings is 1. The first kappa shape index (κ1) is 24.5. The number of hydrogen-bond donors (Lipinski definition) is 3. The predicted molar refractivity (Wildman–Crippen MR) is 115 cm³/mol. The summed E-state index contributed by atoms with van der Waals surface area (Å²) >= 11 is 1.60. The lowest BCUT2D eigenvalue weighted by Crippen LogP contribution is -2.42. The maximum absolute atomic E-state index is 12.5. The van der Waals surface area contributed by atoms with Crippen LogP contribution in [0.2, 0.25) is 0 Å². The highest BCUT2D eigenvalue weighted by atomic mass is 127. The molecule has 0 radical (unpaired) electrons. The molecule has 0 saturated heterocycles. The number of hydrogen-bond acceptors (Lipinski definition) is 4. The number of halogens is 4. The molecule has 0 saturated carbocycles. The third-order valence-corrected chi connectivity index (χ3v) is 4.21. The predicted octanol–water partition coefficient (Wildman–Crippen LogP) is 3.88. The average Bonchev–Trinajstić information content (AvgIpc) is 3.15. The van der Waals surface area contributed by atoms with Crippen molar-refractivity contribution in [3.63, 3.8) is 0 Å². The smallest absolute Gasteiger partial charge is 0.416 e. The Kier molecular flexibility index (Phi) is 10.6. The summed E-state index contributed by atoms with van der Waals surface area (Å²) in [6, 6.07) is 6.34. The van der Waals surface area contributed by atoms with E-state index in [0.29, 0.717) is 19.0 Å². The molecule has 0 spiro atoms. The van der Waals surface area contributed by atoms with Crippen LogP contribution in [0.5, 0.6) is 5.75 Å². The first-order valence-corrected chi connectivity index (χ1v) is 9.34. The highest BCUT2D eigenvalue weighted by Gasteiger charge is 2.30. The van der Waals surface area contributed by atoms with Gasteiger partial charge in [-0.05, 0) is 53.6 Å². The molecule has 0 amide bonds. The number of aliphatic hydroxyl groups is 1. The Balaban J connectivity index is 0.00000392. The fourth-order valence-corrected chi connectivity index (χ4v) is 2.76. The molecule has 0 fully saturated rings. The van der Waals surface area contributed by atoms with Gasteiger partial charge in [-0.1, -0.05) is 0 Å². The van der Waals surface area contributed by atoms with Crippen LogP contribution in [0.1, 0.15) is 18.1 Å². The SMILES string of the molecule is CCNC(=NCc1ccsc1)NCC(O)COc1ccc(C(F)(F)F)cc1.I. The summed E-state index contributed by atoms with van der Waals surface area (Å²) in [6.45, 7) is 3.27. The highest BCUT2D eigenvalue weighted by molar-refractivity contribution is 14.0. The van der Waals surface area contributed by atoms with Crippen LogP contribution in [0.25, 0.3) is 0 Å². The Morgan fingerprint density at radius 2 is 1.93 bits per heavy atom. The molecule has 1 atom stereocenters. The van der Waals surface area contributed by atoms with E-state index in [1.54, 1.807) is 11.3 Å². The van der Waals surface area contributed by atoms with Gasteiger partial charge in [0.1, 0.15) is 18.5 Å². The molecule has 0 aliphatic carbocycles. The van der Waals surface area contributed by atoms with Crippen LogP contribution < -0.4 is 15.4 Å². The van der Waals surface area contributed by atoms with Gasteiger partial charge in [0.2, 0.25) is 0 Å². The first-order chi connectivity index (χ1) is 12.9. The van der Waals surface area contributed by atoms with Crippen LogP contribution in [-0.2, 0) is 12.7 Å². The van der Waals surface area contributed by atoms with Crippen molar-refractivity contribution >= 4 is 41.3 Å². The Hall–Kier alpha value is -1.53. The van der Waals surface area contributed by atoms with Crippen LogP contribution in [0.15, 0.2) is 46.1 Å². The van der Waals surface area contributed by atoms with Crippen molar-refractivity contribution in [3.05, 3.63) is 52.2 Å². The molecule has 28 heavy (non-hydrogen) atoms. The van der Waals surface area contributed by atoms with Crippen molar-refractivity contribution < 1.29 is 23.0 Å². The van der Waals surface area contributed by atoms with Crippen molar-refractivity contribution in [2.75, 3.05) is 19.7 Å². The summed E-state index contributed by atoms with van der Waals surface area (Å²) in [6.07, 6.45) is -5.23. The lowest BCUT2D eigenvalue weighted by atomic mass is 10.2. The Bertz CT molecular complexity index is 710. The summed E-state index contributed by atoms with van der Waals surface area (Å²) in [5.74, 6) is 0.831. The minimum Gasteiger partial charge on any atom is -0.491 e. The van der Waals surface area contributed by atoms with Crippen molar-refractivity contribution in [1.82, 2.24) is 10.6 Å². The van der Waals surface area contributed by atoms with Crippen molar-refractivity contribution in [2.24, 2.45) is 4.99 Å². The van der Waals surface area contributed by atoms with Gasteiger partial charge in [-0.15, -0.1) is 24.0 Å². The van der Waals surface area contributed by atoms with E-state index >= 15 is 0 Å². The number of aliphatic hydroxyl groups excluding tert-OH is 1. The van der Waals surface area contributed by atoms with Crippen LogP contribution in [0, 0.1) is 0 Å². The van der Waals surface area contributed by atoms with E-state index in [1.807, 2.05) is 23.8 Å². The van der Waals surface area contributed by atoms with Crippen LogP contribution >= 0.6 is 35.3 Å². The molecule has 156 valence electrons. The summed E-state index contributed by atoms with van der Waals surface area (Å²) in [5, 5.41) is 20.1. The van der Waals surface area contributed by atoms with Gasteiger partial charge in [0.15, 0.2) is 5.96 Å². The Labute approximate surface area is 183 Å². The van der Waals surface area contributed by atoms with Gasteiger partial charge in [-0.2, -0.15) is 24.5 Å². The third kappa shape index (κ3) is 8.65. The minimum atomic E-state index is -4.38. The lowest BCUT2D eigenvalue weighted by Gasteiger charge is -2.16. The van der Waals surface area contributed by atoms with E-state index in [-0.39, 0.29) is 42.9 Å². The summed E-state index contributed by atoms with van der Waals surface area (Å²) in [4.78, 5) is 4.42. The van der Waals surface area contributed by atoms with Gasteiger partial charge in [0.05, 0.1) is 12.1 Å². The molecule has 1 heterocycles. The Morgan fingerprint density at radius 3 is 2.50 bits per heavy atom. The molecule has 1 aromatic carbocycles. The molecule has 5 nitrogen and oxygen atoms in total. The molecule has 1 unspecified atom stereocenters. The zero-order valence-corrected chi connectivity index (χ0v) is 18.3. The number of aliphatic imine (C=N–C) groups is 1. The number of rotatable bonds is 8. The number of benzene rings is 1. The molecule has 0 aliphatic heterocycles. The van der Waals surface area contributed by atoms with E-state index < -0.39 is 17.8 Å². The van der Waals surface area contributed by atoms with E-state index in [4.69, 9.17) is 4.74 Å². The van der Waals surface area contributed by atoms with Crippen LogP contribution in [0.3, 0.4) is 0 Å². The number of nitrogens with one attached hydrogen (secondary N) is 2. The maximum Gasteiger partial charge on any atom is 0.416 e. The zero-order chi connectivity index (χ0) is 19.7. The normalized spacial score (nSPS) is 12.8. The number of alkyl halides is 3. The molecular formula is C18H23F3IN3O2S. The van der Waals surface area contributed by atoms with Gasteiger partial charge in [-0.25, -0.2) is 4.99 Å². The topological polar surface area (TPSA) is 65.9 Å². The van der Waals surface area contributed by atoms with E-state index in [0.717, 1.165) is 17.7 Å². The molecule has 0 bridgehead atoms. The number of nitrogens with zero attached hydrogens (tertiary/aromatic N) is 1. The molecule has 2 aromatic rings. The van der Waals surface area contributed by atoms with Crippen molar-refractivity contribution in [3.8, 4) is 5.75 Å². The van der Waals surface area contributed by atoms with Crippen molar-refractivity contribution in [1.29, 1.82) is 0 Å². The fraction of sp³-hybridized carbons (Fsp3) is 0.389. The van der Waals surface area contributed by atoms with Crippen LogP contribution in [0.4, 0.5) is 13.2 Å². The molecular weight excluding hydrogens is 506 g/mol. The Morgan fingerprint density at radius 1 is 1.21 bits per heavy atom. The number of ether oxygens (including phenoxy) is 1. The lowest BCUT2D eigenvalue weighted by molar-refractivity contribution is -0.137. The third-order valence-electron chi connectivity index (χ3n) is 3.47. The van der Waals surface area contributed by atoms with E-state index in [1.165, 1.54) is 12.1 Å². The average molecular weight is 529 g/mol. The molecule has 3 N–H and O–H groups in total. The second-order valence-corrected chi connectivity index (χ2v) is 6.47. The molecule has 10 heteroatoms. The minimum absolute atomic E-state index is 0. The quantitative estimate of drug-likeness (QED) is 0.276. The van der Waals surface area contributed by atoms with Gasteiger partial charge < -0.3 is 20.5 Å². The molecule has 1 aromatic heterocycles. The second kappa shape index (κ2) is 12.1. The fourth-order valence-electron chi connectivity index (χ4n) is 2.10. The zero-order valence-electron chi connectivity index (χ0n) is 15.2. The monoisotopic (exact) mass is 529 g/mol. The molecule has 2 rings (SSSR count). The van der Waals surface area contributed by atoms with Gasteiger partial charge in [0, 0.05) is 13.1 Å². The number of guanidine groups is 1. The van der Waals surface area contributed by atoms with E-state index in [2.05, 4.69) is 15.6 Å². The largest absolute Gasteiger partial charge is 0.491 e. The first-order valence-electron chi connectivity index (χ1n) is 8.40. The molecule has 0 aliphatic rings.